The average Bonchev–Trinajstić information content (AvgIpc) is 3.32. The van der Waals surface area contributed by atoms with Crippen molar-refractivity contribution in [1.82, 2.24) is 19.7 Å². The molecule has 33 heavy (non-hydrogen) atoms. The molecular weight excluding hydrogens is 426 g/mol. The zero-order valence-electron chi connectivity index (χ0n) is 17.9. The van der Waals surface area contributed by atoms with Gasteiger partial charge < -0.3 is 14.6 Å². The van der Waals surface area contributed by atoms with Gasteiger partial charge in [-0.1, -0.05) is 0 Å². The zero-order chi connectivity index (χ0) is 22.6. The Bertz CT molecular complexity index is 1250. The Kier molecular flexibility index (Phi) is 4.58. The number of aromatic nitrogens is 4. The van der Waals surface area contributed by atoms with Gasteiger partial charge in [-0.15, -0.1) is 0 Å². The molecule has 3 aromatic rings. The summed E-state index contributed by atoms with van der Waals surface area (Å²) in [5.41, 5.74) is 2.26. The van der Waals surface area contributed by atoms with Gasteiger partial charge in [0.05, 0.1) is 29.0 Å². The third-order valence-electron chi connectivity index (χ3n) is 6.85. The summed E-state index contributed by atoms with van der Waals surface area (Å²) >= 11 is 0. The van der Waals surface area contributed by atoms with E-state index < -0.39 is 11.4 Å². The number of carbonyl (C=O) groups is 2. The first-order chi connectivity index (χ1) is 16.0. The lowest BCUT2D eigenvalue weighted by atomic mass is 9.63. The molecule has 1 aliphatic carbocycles. The predicted molar refractivity (Wildman–Crippen MR) is 116 cm³/mol. The van der Waals surface area contributed by atoms with Crippen LogP contribution in [0.3, 0.4) is 0 Å². The predicted octanol–water partition coefficient (Wildman–Crippen LogP) is 2.44. The Morgan fingerprint density at radius 3 is 2.91 bits per heavy atom. The Balaban J connectivity index is 1.19. The molecule has 2 aliphatic heterocycles. The molecule has 0 aromatic carbocycles. The van der Waals surface area contributed by atoms with Gasteiger partial charge in [-0.3, -0.25) is 19.5 Å². The van der Waals surface area contributed by atoms with E-state index in [1.54, 1.807) is 24.7 Å². The quantitative estimate of drug-likeness (QED) is 0.631. The molecule has 10 heteroatoms. The van der Waals surface area contributed by atoms with Crippen molar-refractivity contribution in [3.63, 3.8) is 0 Å². The normalized spacial score (nSPS) is 26.4. The molecule has 1 saturated carbocycles. The van der Waals surface area contributed by atoms with Crippen LogP contribution in [0.4, 0.5) is 5.69 Å². The molecule has 0 radical (unpaired) electrons. The van der Waals surface area contributed by atoms with Gasteiger partial charge in [-0.2, -0.15) is 5.10 Å². The number of nitrogens with zero attached hydrogens (tertiary/aromatic N) is 5. The fourth-order valence-electron chi connectivity index (χ4n) is 5.28. The molecular formula is C23H23N5O5. The van der Waals surface area contributed by atoms with E-state index in [0.29, 0.717) is 24.4 Å². The maximum atomic E-state index is 13.2. The largest absolute Gasteiger partial charge is 0.480 e. The van der Waals surface area contributed by atoms with Gasteiger partial charge in [0, 0.05) is 31.7 Å². The van der Waals surface area contributed by atoms with E-state index in [1.165, 1.54) is 4.90 Å². The van der Waals surface area contributed by atoms with Gasteiger partial charge in [0.25, 0.3) is 0 Å². The third-order valence-corrected chi connectivity index (χ3v) is 6.85. The van der Waals surface area contributed by atoms with Crippen LogP contribution in [0.1, 0.15) is 43.9 Å². The van der Waals surface area contributed by atoms with Crippen molar-refractivity contribution in [3.05, 3.63) is 42.4 Å². The molecule has 1 atom stereocenters. The first-order valence-corrected chi connectivity index (χ1v) is 11.2. The summed E-state index contributed by atoms with van der Waals surface area (Å²) in [6.45, 7) is 0.365. The standard InChI is InChI=1S/C23H23N5O5/c29-21(30)13-27-18-12-24-7-6-15(18)23(22(27)31)9-14(10-23)33-19-5-4-17-16(26-19)11-25-28(17)20-3-1-2-8-32-20/h4-7,11-12,14,20H,1-3,8-10,13H2,(H,29,30). The minimum absolute atomic E-state index is 0.0620. The molecule has 0 bridgehead atoms. The summed E-state index contributed by atoms with van der Waals surface area (Å²) < 4.78 is 13.8. The first-order valence-electron chi connectivity index (χ1n) is 11.2. The number of hydrogen-bond donors (Lipinski definition) is 1. The van der Waals surface area contributed by atoms with Crippen molar-refractivity contribution in [2.75, 3.05) is 18.1 Å². The highest BCUT2D eigenvalue weighted by atomic mass is 16.5. The number of aliphatic carboxylic acids is 1. The minimum Gasteiger partial charge on any atom is -0.480 e. The van der Waals surface area contributed by atoms with Crippen LogP contribution < -0.4 is 9.64 Å². The van der Waals surface area contributed by atoms with E-state index in [9.17, 15) is 14.7 Å². The van der Waals surface area contributed by atoms with E-state index in [1.807, 2.05) is 16.8 Å². The smallest absolute Gasteiger partial charge is 0.323 e. The molecule has 1 unspecified atom stereocenters. The van der Waals surface area contributed by atoms with Crippen LogP contribution in [0.25, 0.3) is 11.0 Å². The molecule has 3 aliphatic rings. The SMILES string of the molecule is O=C(O)CN1C(=O)C2(CC(Oc3ccc4c(cnn4C4CCCCO4)n3)C2)c2ccncc21. The van der Waals surface area contributed by atoms with Crippen molar-refractivity contribution in [2.24, 2.45) is 0 Å². The number of amides is 1. The van der Waals surface area contributed by atoms with Crippen LogP contribution in [-0.4, -0.2) is 56.0 Å². The topological polar surface area (TPSA) is 120 Å². The van der Waals surface area contributed by atoms with Gasteiger partial charge in [0.15, 0.2) is 6.23 Å². The number of carbonyl (C=O) groups excluding carboxylic acids is 1. The molecule has 3 aromatic heterocycles. The molecule has 1 saturated heterocycles. The molecule has 1 amide bonds. The number of carboxylic acid groups (broad SMARTS) is 1. The number of fused-ring (bicyclic) bond motifs is 3. The molecule has 1 N–H and O–H groups in total. The molecule has 2 fully saturated rings. The van der Waals surface area contributed by atoms with Crippen LogP contribution in [0.5, 0.6) is 5.88 Å². The summed E-state index contributed by atoms with van der Waals surface area (Å²) in [4.78, 5) is 34.4. The summed E-state index contributed by atoms with van der Waals surface area (Å²) in [6.07, 6.45) is 8.71. The van der Waals surface area contributed by atoms with Crippen molar-refractivity contribution >= 4 is 28.6 Å². The summed E-state index contributed by atoms with van der Waals surface area (Å²) in [5, 5.41) is 13.7. The second-order valence-electron chi connectivity index (χ2n) is 8.87. The number of pyridine rings is 2. The third kappa shape index (κ3) is 3.16. The van der Waals surface area contributed by atoms with Crippen LogP contribution in [0.15, 0.2) is 36.8 Å². The summed E-state index contributed by atoms with van der Waals surface area (Å²) in [5.74, 6) is -0.779. The van der Waals surface area contributed by atoms with E-state index in [0.717, 1.165) is 42.5 Å². The Morgan fingerprint density at radius 1 is 1.24 bits per heavy atom. The Morgan fingerprint density at radius 2 is 2.12 bits per heavy atom. The van der Waals surface area contributed by atoms with Gasteiger partial charge in [0.1, 0.15) is 18.2 Å². The monoisotopic (exact) mass is 449 g/mol. The van der Waals surface area contributed by atoms with Gasteiger partial charge in [-0.05, 0) is 37.0 Å². The lowest BCUT2D eigenvalue weighted by Gasteiger charge is -2.43. The highest BCUT2D eigenvalue weighted by Gasteiger charge is 2.59. The van der Waals surface area contributed by atoms with Crippen LogP contribution in [0, 0.1) is 0 Å². The molecule has 170 valence electrons. The fourth-order valence-corrected chi connectivity index (χ4v) is 5.28. The van der Waals surface area contributed by atoms with Crippen molar-refractivity contribution in [3.8, 4) is 5.88 Å². The fraction of sp³-hybridized carbons (Fsp3) is 0.435. The number of carboxylic acids is 1. The van der Waals surface area contributed by atoms with Gasteiger partial charge in [0.2, 0.25) is 11.8 Å². The minimum atomic E-state index is -1.06. The van der Waals surface area contributed by atoms with Crippen molar-refractivity contribution in [2.45, 2.75) is 49.9 Å². The molecule has 1 spiro atoms. The van der Waals surface area contributed by atoms with Crippen LogP contribution >= 0.6 is 0 Å². The number of hydrogen-bond acceptors (Lipinski definition) is 7. The van der Waals surface area contributed by atoms with E-state index in [4.69, 9.17) is 9.47 Å². The maximum absolute atomic E-state index is 13.2. The summed E-state index contributed by atoms with van der Waals surface area (Å²) in [6, 6.07) is 5.56. The lowest BCUT2D eigenvalue weighted by Crippen LogP contribution is -2.54. The van der Waals surface area contributed by atoms with Crippen molar-refractivity contribution < 1.29 is 24.2 Å². The molecule has 5 heterocycles. The number of anilines is 1. The first kappa shape index (κ1) is 20.1. The van der Waals surface area contributed by atoms with Crippen LogP contribution in [0.2, 0.25) is 0 Å². The van der Waals surface area contributed by atoms with Crippen LogP contribution in [-0.2, 0) is 19.7 Å². The lowest BCUT2D eigenvalue weighted by molar-refractivity contribution is -0.138. The Hall–Kier alpha value is -3.53. The van der Waals surface area contributed by atoms with Crippen molar-refractivity contribution in [1.29, 1.82) is 0 Å². The maximum Gasteiger partial charge on any atom is 0.323 e. The molecule has 6 rings (SSSR count). The highest BCUT2D eigenvalue weighted by Crippen LogP contribution is 2.54. The summed E-state index contributed by atoms with van der Waals surface area (Å²) in [7, 11) is 0. The number of rotatable bonds is 5. The second-order valence-corrected chi connectivity index (χ2v) is 8.87. The second kappa shape index (κ2) is 7.51. The zero-order valence-corrected chi connectivity index (χ0v) is 17.9. The Labute approximate surface area is 189 Å². The average molecular weight is 449 g/mol. The molecule has 10 nitrogen and oxygen atoms in total. The van der Waals surface area contributed by atoms with Gasteiger partial charge >= 0.3 is 5.97 Å². The van der Waals surface area contributed by atoms with E-state index >= 15 is 0 Å². The highest BCUT2D eigenvalue weighted by molar-refractivity contribution is 6.10. The van der Waals surface area contributed by atoms with E-state index in [-0.39, 0.29) is 24.8 Å². The number of ether oxygens (including phenoxy) is 2. The van der Waals surface area contributed by atoms with Gasteiger partial charge in [-0.25, -0.2) is 9.67 Å². The van der Waals surface area contributed by atoms with E-state index in [2.05, 4.69) is 15.1 Å².